The molecule has 3 heterocycles. The molecule has 1 saturated heterocycles. The average Bonchev–Trinajstić information content (AvgIpc) is 3.24. The lowest BCUT2D eigenvalue weighted by Gasteiger charge is -2.28. The smallest absolute Gasteiger partial charge is 0.254 e. The number of fused-ring (bicyclic) bond motifs is 1. The van der Waals surface area contributed by atoms with Gasteiger partial charge in [0.05, 0.1) is 6.54 Å². The predicted molar refractivity (Wildman–Crippen MR) is 90.5 cm³/mol. The summed E-state index contributed by atoms with van der Waals surface area (Å²) in [4.78, 5) is 17.2. The van der Waals surface area contributed by atoms with Crippen LogP contribution < -0.4 is 0 Å². The van der Waals surface area contributed by atoms with Crippen molar-refractivity contribution in [2.75, 3.05) is 19.6 Å². The minimum absolute atomic E-state index is 0.0881. The Hall–Kier alpha value is -2.21. The highest BCUT2D eigenvalue weighted by molar-refractivity contribution is 5.94. The van der Waals surface area contributed by atoms with Gasteiger partial charge in [0.25, 0.3) is 5.91 Å². The number of carbonyl (C=O) groups is 1. The normalized spacial score (nSPS) is 18.0. The van der Waals surface area contributed by atoms with Gasteiger partial charge in [0.2, 0.25) is 0 Å². The zero-order valence-electron chi connectivity index (χ0n) is 14.1. The fraction of sp³-hybridized carbons (Fsp3) is 0.500. The third kappa shape index (κ3) is 2.94. The van der Waals surface area contributed by atoms with Crippen LogP contribution in [0.25, 0.3) is 0 Å². The lowest BCUT2D eigenvalue weighted by molar-refractivity contribution is 0.0706. The zero-order chi connectivity index (χ0) is 16.5. The Kier molecular flexibility index (Phi) is 4.06. The summed E-state index contributed by atoms with van der Waals surface area (Å²) in [6, 6.07) is 8.08. The molecule has 0 bridgehead atoms. The molecule has 1 aromatic heterocycles. The van der Waals surface area contributed by atoms with E-state index in [-0.39, 0.29) is 5.91 Å². The van der Waals surface area contributed by atoms with Gasteiger partial charge < -0.3 is 9.47 Å². The minimum Gasteiger partial charge on any atom is -0.329 e. The molecule has 4 rings (SSSR count). The highest BCUT2D eigenvalue weighted by Gasteiger charge is 2.24. The Bertz CT molecular complexity index is 748. The van der Waals surface area contributed by atoms with Crippen LogP contribution in [0.3, 0.4) is 0 Å². The van der Waals surface area contributed by atoms with E-state index < -0.39 is 0 Å². The van der Waals surface area contributed by atoms with E-state index in [1.165, 1.54) is 31.5 Å². The van der Waals surface area contributed by atoms with Crippen molar-refractivity contribution in [3.8, 4) is 0 Å². The lowest BCUT2D eigenvalue weighted by atomic mass is 10.1. The second-order valence-electron chi connectivity index (χ2n) is 6.73. The summed E-state index contributed by atoms with van der Waals surface area (Å²) in [7, 11) is 0. The van der Waals surface area contributed by atoms with Gasteiger partial charge in [0.1, 0.15) is 5.82 Å². The fourth-order valence-corrected chi connectivity index (χ4v) is 3.66. The molecule has 0 aliphatic carbocycles. The molecule has 1 fully saturated rings. The second kappa shape index (κ2) is 6.36. The van der Waals surface area contributed by atoms with Gasteiger partial charge >= 0.3 is 0 Å². The molecule has 0 N–H and O–H groups in total. The molecule has 2 aliphatic heterocycles. The summed E-state index contributed by atoms with van der Waals surface area (Å²) in [5.74, 6) is 1.88. The Morgan fingerprint density at radius 3 is 2.79 bits per heavy atom. The van der Waals surface area contributed by atoms with E-state index in [9.17, 15) is 4.79 Å². The number of carbonyl (C=O) groups excluding carboxylic acids is 1. The first-order chi connectivity index (χ1) is 11.7. The van der Waals surface area contributed by atoms with Crippen LogP contribution in [0.5, 0.6) is 0 Å². The summed E-state index contributed by atoms with van der Waals surface area (Å²) < 4.78 is 2.09. The van der Waals surface area contributed by atoms with Crippen LogP contribution in [-0.4, -0.2) is 50.1 Å². The maximum absolute atomic E-state index is 12.9. The number of hydrogen-bond donors (Lipinski definition) is 0. The van der Waals surface area contributed by atoms with E-state index in [1.807, 2.05) is 30.0 Å². The molecule has 0 unspecified atom stereocenters. The Labute approximate surface area is 142 Å². The van der Waals surface area contributed by atoms with Crippen molar-refractivity contribution in [1.82, 2.24) is 24.6 Å². The fourth-order valence-electron chi connectivity index (χ4n) is 3.66. The van der Waals surface area contributed by atoms with Crippen LogP contribution >= 0.6 is 0 Å². The molecule has 0 atom stereocenters. The maximum atomic E-state index is 12.9. The Balaban J connectivity index is 1.48. The van der Waals surface area contributed by atoms with Crippen molar-refractivity contribution >= 4 is 5.91 Å². The highest BCUT2D eigenvalue weighted by atomic mass is 16.2. The van der Waals surface area contributed by atoms with E-state index in [1.54, 1.807) is 0 Å². The van der Waals surface area contributed by atoms with Crippen LogP contribution in [0, 0.1) is 6.92 Å². The van der Waals surface area contributed by atoms with Gasteiger partial charge in [-0.15, -0.1) is 10.2 Å². The summed E-state index contributed by atoms with van der Waals surface area (Å²) in [5, 5.41) is 8.29. The van der Waals surface area contributed by atoms with E-state index in [0.717, 1.165) is 30.3 Å². The number of benzene rings is 1. The van der Waals surface area contributed by atoms with Crippen molar-refractivity contribution in [3.63, 3.8) is 0 Å². The van der Waals surface area contributed by atoms with Gasteiger partial charge in [-0.05, 0) is 50.6 Å². The first kappa shape index (κ1) is 15.3. The van der Waals surface area contributed by atoms with Crippen molar-refractivity contribution in [2.45, 2.75) is 39.4 Å². The third-order valence-corrected chi connectivity index (χ3v) is 5.00. The first-order valence-electron chi connectivity index (χ1n) is 8.70. The van der Waals surface area contributed by atoms with Crippen LogP contribution in [0.1, 0.15) is 40.4 Å². The maximum Gasteiger partial charge on any atom is 0.254 e. The molecule has 126 valence electrons. The molecule has 0 saturated carbocycles. The van der Waals surface area contributed by atoms with Gasteiger partial charge in [0, 0.05) is 25.2 Å². The first-order valence-corrected chi connectivity index (χ1v) is 8.70. The van der Waals surface area contributed by atoms with Crippen LogP contribution in [0.15, 0.2) is 24.3 Å². The number of hydrogen-bond acceptors (Lipinski definition) is 4. The molecule has 1 aromatic carbocycles. The van der Waals surface area contributed by atoms with E-state index >= 15 is 0 Å². The van der Waals surface area contributed by atoms with Gasteiger partial charge in [0.15, 0.2) is 5.82 Å². The van der Waals surface area contributed by atoms with Crippen molar-refractivity contribution < 1.29 is 4.79 Å². The molecule has 1 amide bonds. The standard InChI is InChI=1S/C18H23N5O/c1-14-19-20-17-13-22(9-10-23(14)17)18(24)16-6-4-5-15(11-16)12-21-7-2-3-8-21/h4-6,11H,2-3,7-10,12-13H2,1H3. The van der Waals surface area contributed by atoms with Crippen molar-refractivity contribution in [1.29, 1.82) is 0 Å². The molecule has 2 aliphatic rings. The SMILES string of the molecule is Cc1nnc2n1CCN(C(=O)c1cccc(CN3CCCC3)c1)C2. The average molecular weight is 325 g/mol. The molecule has 2 aromatic rings. The Morgan fingerprint density at radius 2 is 1.96 bits per heavy atom. The summed E-state index contributed by atoms with van der Waals surface area (Å²) in [6.07, 6.45) is 2.57. The Morgan fingerprint density at radius 1 is 1.12 bits per heavy atom. The second-order valence-corrected chi connectivity index (χ2v) is 6.73. The monoisotopic (exact) mass is 325 g/mol. The molecular formula is C18H23N5O. The number of likely N-dealkylation sites (tertiary alicyclic amines) is 1. The number of nitrogens with zero attached hydrogens (tertiary/aromatic N) is 5. The third-order valence-electron chi connectivity index (χ3n) is 5.00. The molecule has 24 heavy (non-hydrogen) atoms. The number of aryl methyl sites for hydroxylation is 1. The number of amides is 1. The van der Waals surface area contributed by atoms with Crippen LogP contribution in [0.2, 0.25) is 0 Å². The molecule has 6 nitrogen and oxygen atoms in total. The quantitative estimate of drug-likeness (QED) is 0.864. The highest BCUT2D eigenvalue weighted by Crippen LogP contribution is 2.18. The largest absolute Gasteiger partial charge is 0.329 e. The minimum atomic E-state index is 0.0881. The molecular weight excluding hydrogens is 302 g/mol. The van der Waals surface area contributed by atoms with E-state index in [4.69, 9.17) is 0 Å². The summed E-state index contributed by atoms with van der Waals surface area (Å²) in [5.41, 5.74) is 2.00. The van der Waals surface area contributed by atoms with Gasteiger partial charge in [-0.1, -0.05) is 12.1 Å². The lowest BCUT2D eigenvalue weighted by Crippen LogP contribution is -2.38. The van der Waals surface area contributed by atoms with Crippen LogP contribution in [-0.2, 0) is 19.6 Å². The van der Waals surface area contributed by atoms with Gasteiger partial charge in [-0.25, -0.2) is 0 Å². The van der Waals surface area contributed by atoms with E-state index in [2.05, 4.69) is 25.7 Å². The van der Waals surface area contributed by atoms with E-state index in [0.29, 0.717) is 13.1 Å². The zero-order valence-corrected chi connectivity index (χ0v) is 14.1. The summed E-state index contributed by atoms with van der Waals surface area (Å²) >= 11 is 0. The van der Waals surface area contributed by atoms with Gasteiger partial charge in [-0.2, -0.15) is 0 Å². The predicted octanol–water partition coefficient (Wildman–Crippen LogP) is 1.84. The number of aromatic nitrogens is 3. The summed E-state index contributed by atoms with van der Waals surface area (Å²) in [6.45, 7) is 7.24. The molecule has 0 radical (unpaired) electrons. The molecule has 6 heteroatoms. The number of rotatable bonds is 3. The van der Waals surface area contributed by atoms with Crippen LogP contribution in [0.4, 0.5) is 0 Å². The van der Waals surface area contributed by atoms with Gasteiger partial charge in [-0.3, -0.25) is 9.69 Å². The van der Waals surface area contributed by atoms with Crippen molar-refractivity contribution in [2.24, 2.45) is 0 Å². The molecule has 0 spiro atoms. The topological polar surface area (TPSA) is 54.3 Å². The van der Waals surface area contributed by atoms with Crippen molar-refractivity contribution in [3.05, 3.63) is 47.0 Å².